The lowest BCUT2D eigenvalue weighted by atomic mass is 10.3. The molecule has 0 atom stereocenters. The van der Waals surface area contributed by atoms with Gasteiger partial charge < -0.3 is 10.5 Å². The Hall–Kier alpha value is -0.830. The highest BCUT2D eigenvalue weighted by Gasteiger charge is 1.90. The lowest BCUT2D eigenvalue weighted by molar-refractivity contribution is -0.114. The van der Waals surface area contributed by atoms with Gasteiger partial charge in [0.05, 0.1) is 0 Å². The van der Waals surface area contributed by atoms with E-state index in [9.17, 15) is 4.79 Å². The lowest BCUT2D eigenvalue weighted by Gasteiger charge is -1.85. The molecule has 0 saturated carbocycles. The van der Waals surface area contributed by atoms with Crippen LogP contribution in [0.4, 0.5) is 0 Å². The molecule has 0 fully saturated rings. The smallest absolute Gasteiger partial charge is 0.243 e. The molecule has 0 heterocycles. The molecule has 3 nitrogen and oxygen atoms in total. The van der Waals surface area contributed by atoms with Crippen molar-refractivity contribution in [1.29, 1.82) is 0 Å². The van der Waals surface area contributed by atoms with E-state index in [2.05, 4.69) is 4.74 Å². The number of carbonyl (C=O) groups is 1. The van der Waals surface area contributed by atoms with E-state index in [-0.39, 0.29) is 5.91 Å². The maximum Gasteiger partial charge on any atom is 0.243 e. The fourth-order valence-corrected chi connectivity index (χ4v) is 0.142. The Morgan fingerprint density at radius 1 is 1.50 bits per heavy atom. The number of nitrogens with two attached hydrogens (primary N) is 1. The maximum atomic E-state index is 10.1. The Morgan fingerprint density at radius 2 is 1.80 bits per heavy atom. The monoisotopic (exact) mass is 145 g/mol. The van der Waals surface area contributed by atoms with Gasteiger partial charge in [-0.2, -0.15) is 0 Å². The molecule has 60 valence electrons. The zero-order chi connectivity index (χ0) is 8.57. The highest BCUT2D eigenvalue weighted by molar-refractivity contribution is 5.91. The second-order valence-electron chi connectivity index (χ2n) is 1.74. The summed E-state index contributed by atoms with van der Waals surface area (Å²) in [4.78, 5) is 10.1. The van der Waals surface area contributed by atoms with Crippen molar-refractivity contribution in [2.24, 2.45) is 5.73 Å². The third-order valence-corrected chi connectivity index (χ3v) is 0.822. The van der Waals surface area contributed by atoms with E-state index >= 15 is 0 Å². The molecule has 3 heteroatoms. The Labute approximate surface area is 61.9 Å². The van der Waals surface area contributed by atoms with Gasteiger partial charge >= 0.3 is 0 Å². The van der Waals surface area contributed by atoms with Gasteiger partial charge in [-0.05, 0) is 13.8 Å². The van der Waals surface area contributed by atoms with Gasteiger partial charge in [-0.15, -0.1) is 0 Å². The van der Waals surface area contributed by atoms with Crippen molar-refractivity contribution < 1.29 is 9.53 Å². The summed E-state index contributed by atoms with van der Waals surface area (Å²) in [5.41, 5.74) is 5.45. The van der Waals surface area contributed by atoms with Crippen LogP contribution in [0.1, 0.15) is 13.8 Å². The van der Waals surface area contributed by atoms with Crippen LogP contribution in [0.15, 0.2) is 11.6 Å². The number of primary amides is 1. The summed E-state index contributed by atoms with van der Waals surface area (Å²) >= 11 is 0. The van der Waals surface area contributed by atoms with Crippen LogP contribution < -0.4 is 5.73 Å². The van der Waals surface area contributed by atoms with Crippen LogP contribution in [-0.4, -0.2) is 20.1 Å². The third-order valence-electron chi connectivity index (χ3n) is 0.822. The second-order valence-corrected chi connectivity index (χ2v) is 1.74. The standard InChI is InChI=1S/C5H9NO.C2H6O/c1-3-4(2)5(6)7;1-3-2/h3H,1-2H3,(H2,6,7);1-2H3. The summed E-state index contributed by atoms with van der Waals surface area (Å²) in [7, 11) is 3.25. The predicted octanol–water partition coefficient (Wildman–Crippen LogP) is 0.701. The first-order valence-electron chi connectivity index (χ1n) is 2.93. The van der Waals surface area contributed by atoms with Crippen molar-refractivity contribution in [2.75, 3.05) is 14.2 Å². The summed E-state index contributed by atoms with van der Waals surface area (Å²) in [6.45, 7) is 3.46. The largest absolute Gasteiger partial charge is 0.388 e. The molecule has 0 aliphatic rings. The fourth-order valence-electron chi connectivity index (χ4n) is 0.142. The minimum Gasteiger partial charge on any atom is -0.388 e. The first-order valence-corrected chi connectivity index (χ1v) is 2.93. The van der Waals surface area contributed by atoms with Crippen molar-refractivity contribution in [2.45, 2.75) is 13.8 Å². The SMILES string of the molecule is CC=C(C)C(N)=O.COC. The molecule has 0 aliphatic heterocycles. The van der Waals surface area contributed by atoms with Crippen LogP contribution >= 0.6 is 0 Å². The quantitative estimate of drug-likeness (QED) is 0.552. The van der Waals surface area contributed by atoms with Crippen LogP contribution in [0.3, 0.4) is 0 Å². The molecule has 0 aromatic heterocycles. The highest BCUT2D eigenvalue weighted by Crippen LogP contribution is 1.85. The molecule has 0 unspecified atom stereocenters. The molecule has 0 aliphatic carbocycles. The highest BCUT2D eigenvalue weighted by atomic mass is 16.4. The Morgan fingerprint density at radius 3 is 1.80 bits per heavy atom. The van der Waals surface area contributed by atoms with Gasteiger partial charge in [0.15, 0.2) is 0 Å². The van der Waals surface area contributed by atoms with Crippen molar-refractivity contribution in [3.05, 3.63) is 11.6 Å². The average Bonchev–Trinajstić information content (AvgIpc) is 1.88. The summed E-state index contributed by atoms with van der Waals surface area (Å²) < 4.78 is 4.25. The molecule has 0 radical (unpaired) electrons. The molecule has 0 rings (SSSR count). The van der Waals surface area contributed by atoms with E-state index in [1.165, 1.54) is 0 Å². The normalized spacial score (nSPS) is 9.80. The predicted molar refractivity (Wildman–Crippen MR) is 41.6 cm³/mol. The van der Waals surface area contributed by atoms with Gasteiger partial charge in [-0.3, -0.25) is 4.79 Å². The molecular weight excluding hydrogens is 130 g/mol. The topological polar surface area (TPSA) is 52.3 Å². The van der Waals surface area contributed by atoms with Crippen molar-refractivity contribution >= 4 is 5.91 Å². The number of ether oxygens (including phenoxy) is 1. The minimum atomic E-state index is -0.345. The first kappa shape index (κ1) is 11.9. The number of rotatable bonds is 1. The van der Waals surface area contributed by atoms with E-state index in [1.807, 2.05) is 0 Å². The van der Waals surface area contributed by atoms with Crippen LogP contribution in [-0.2, 0) is 9.53 Å². The van der Waals surface area contributed by atoms with E-state index in [0.717, 1.165) is 0 Å². The Bertz CT molecular complexity index is 119. The number of allylic oxidation sites excluding steroid dienone is 1. The summed E-state index contributed by atoms with van der Waals surface area (Å²) in [5.74, 6) is -0.345. The van der Waals surface area contributed by atoms with Gasteiger partial charge in [0.25, 0.3) is 0 Å². The first-order chi connectivity index (χ1) is 4.59. The van der Waals surface area contributed by atoms with Crippen molar-refractivity contribution in [3.63, 3.8) is 0 Å². The molecule has 0 saturated heterocycles. The number of amides is 1. The zero-order valence-corrected chi connectivity index (χ0v) is 6.97. The molecule has 0 aromatic carbocycles. The van der Waals surface area contributed by atoms with Crippen LogP contribution in [0, 0.1) is 0 Å². The second kappa shape index (κ2) is 8.17. The number of hydrogen-bond donors (Lipinski definition) is 1. The van der Waals surface area contributed by atoms with Crippen LogP contribution in [0.25, 0.3) is 0 Å². The van der Waals surface area contributed by atoms with Gasteiger partial charge in [0, 0.05) is 19.8 Å². The van der Waals surface area contributed by atoms with E-state index in [1.54, 1.807) is 34.1 Å². The molecule has 0 bridgehead atoms. The third kappa shape index (κ3) is 10.2. The summed E-state index contributed by atoms with van der Waals surface area (Å²) in [6, 6.07) is 0. The van der Waals surface area contributed by atoms with Crippen LogP contribution in [0.5, 0.6) is 0 Å². The Balaban J connectivity index is 0. The molecular formula is C7H15NO2. The summed E-state index contributed by atoms with van der Waals surface area (Å²) in [6.07, 6.45) is 1.68. The maximum absolute atomic E-state index is 10.1. The molecule has 1 amide bonds. The number of hydrogen-bond acceptors (Lipinski definition) is 2. The molecule has 0 aromatic rings. The van der Waals surface area contributed by atoms with Crippen molar-refractivity contribution in [1.82, 2.24) is 0 Å². The average molecular weight is 145 g/mol. The van der Waals surface area contributed by atoms with Gasteiger partial charge in [-0.25, -0.2) is 0 Å². The van der Waals surface area contributed by atoms with E-state index < -0.39 is 0 Å². The van der Waals surface area contributed by atoms with E-state index in [0.29, 0.717) is 5.57 Å². The molecule has 2 N–H and O–H groups in total. The van der Waals surface area contributed by atoms with Gasteiger partial charge in [-0.1, -0.05) is 6.08 Å². The van der Waals surface area contributed by atoms with Gasteiger partial charge in [0.1, 0.15) is 0 Å². The number of carbonyl (C=O) groups excluding carboxylic acids is 1. The van der Waals surface area contributed by atoms with E-state index in [4.69, 9.17) is 5.73 Å². The molecule has 0 spiro atoms. The Kier molecular flexibility index (Phi) is 9.73. The lowest BCUT2D eigenvalue weighted by Crippen LogP contribution is -2.10. The zero-order valence-electron chi connectivity index (χ0n) is 6.97. The molecule has 10 heavy (non-hydrogen) atoms. The van der Waals surface area contributed by atoms with Crippen molar-refractivity contribution in [3.8, 4) is 0 Å². The van der Waals surface area contributed by atoms with Gasteiger partial charge in [0.2, 0.25) is 5.91 Å². The number of methoxy groups -OCH3 is 1. The fraction of sp³-hybridized carbons (Fsp3) is 0.571. The minimum absolute atomic E-state index is 0.345. The van der Waals surface area contributed by atoms with Crippen LogP contribution in [0.2, 0.25) is 0 Å². The summed E-state index contributed by atoms with van der Waals surface area (Å²) in [5, 5.41) is 0.